The van der Waals surface area contributed by atoms with E-state index in [0.717, 1.165) is 32.2 Å². The molecule has 0 bridgehead atoms. The van der Waals surface area contributed by atoms with Gasteiger partial charge >= 0.3 is 0 Å². The molecule has 0 atom stereocenters. The molecule has 0 aliphatic carbocycles. The second-order valence-electron chi connectivity index (χ2n) is 5.00. The summed E-state index contributed by atoms with van der Waals surface area (Å²) in [7, 11) is 0. The van der Waals surface area contributed by atoms with Crippen LogP contribution in [0.5, 0.6) is 0 Å². The minimum atomic E-state index is -0.215. The normalized spacial score (nSPS) is 11.2. The maximum atomic E-state index is 11.3. The van der Waals surface area contributed by atoms with Crippen LogP contribution in [0.25, 0.3) is 0 Å². The van der Waals surface area contributed by atoms with Crippen molar-refractivity contribution in [3.05, 3.63) is 0 Å². The first-order chi connectivity index (χ1) is 7.40. The van der Waals surface area contributed by atoms with Crippen LogP contribution in [0.1, 0.15) is 59.8 Å². The Balaban J connectivity index is 3.54. The van der Waals surface area contributed by atoms with Crippen LogP contribution in [-0.2, 0) is 9.59 Å². The van der Waals surface area contributed by atoms with Gasteiger partial charge in [-0.15, -0.1) is 0 Å². The molecule has 0 fully saturated rings. The quantitative estimate of drug-likeness (QED) is 0.648. The molecule has 0 aliphatic rings. The van der Waals surface area contributed by atoms with E-state index in [1.165, 1.54) is 0 Å². The topological polar surface area (TPSA) is 46.2 Å². The summed E-state index contributed by atoms with van der Waals surface area (Å²) in [6.07, 6.45) is 4.33. The van der Waals surface area contributed by atoms with Crippen molar-refractivity contribution in [3.63, 3.8) is 0 Å². The van der Waals surface area contributed by atoms with E-state index in [9.17, 15) is 9.59 Å². The van der Waals surface area contributed by atoms with E-state index in [4.69, 9.17) is 0 Å². The summed E-state index contributed by atoms with van der Waals surface area (Å²) in [6, 6.07) is 0. The molecule has 0 heterocycles. The molecule has 94 valence electrons. The Kier molecular flexibility index (Phi) is 7.02. The molecule has 0 radical (unpaired) electrons. The summed E-state index contributed by atoms with van der Waals surface area (Å²) in [6.45, 7) is 8.32. The van der Waals surface area contributed by atoms with Crippen molar-refractivity contribution in [2.75, 3.05) is 6.54 Å². The average Bonchev–Trinajstić information content (AvgIpc) is 2.17. The van der Waals surface area contributed by atoms with Gasteiger partial charge in [0.25, 0.3) is 0 Å². The Morgan fingerprint density at radius 2 is 1.81 bits per heavy atom. The number of rotatable bonds is 8. The highest BCUT2D eigenvalue weighted by Crippen LogP contribution is 2.23. The molecule has 0 spiro atoms. The van der Waals surface area contributed by atoms with Crippen LogP contribution in [0.2, 0.25) is 0 Å². The van der Waals surface area contributed by atoms with Gasteiger partial charge in [-0.05, 0) is 26.2 Å². The Bertz CT molecular complexity index is 234. The fraction of sp³-hybridized carbons (Fsp3) is 0.846. The lowest BCUT2D eigenvalue weighted by Crippen LogP contribution is -2.25. The zero-order valence-electron chi connectivity index (χ0n) is 11.1. The van der Waals surface area contributed by atoms with Crippen LogP contribution in [-0.4, -0.2) is 18.2 Å². The predicted octanol–water partition coefficient (Wildman–Crippen LogP) is 2.69. The van der Waals surface area contributed by atoms with Gasteiger partial charge in [0, 0.05) is 18.4 Å². The van der Waals surface area contributed by atoms with Crippen molar-refractivity contribution < 1.29 is 9.59 Å². The SMILES string of the molecule is CCCC(=O)NCCCCC(C)(C)C(C)=O. The monoisotopic (exact) mass is 227 g/mol. The summed E-state index contributed by atoms with van der Waals surface area (Å²) in [5.41, 5.74) is -0.215. The molecule has 3 nitrogen and oxygen atoms in total. The fourth-order valence-corrected chi connectivity index (χ4v) is 1.41. The lowest BCUT2D eigenvalue weighted by atomic mass is 9.83. The lowest BCUT2D eigenvalue weighted by Gasteiger charge is -2.20. The van der Waals surface area contributed by atoms with Crippen LogP contribution < -0.4 is 5.32 Å². The number of carbonyl (C=O) groups is 2. The summed E-state index contributed by atoms with van der Waals surface area (Å²) in [5.74, 6) is 0.371. The van der Waals surface area contributed by atoms with Crippen molar-refractivity contribution in [3.8, 4) is 0 Å². The minimum absolute atomic E-state index is 0.133. The molecule has 0 unspecified atom stereocenters. The number of ketones is 1. The van der Waals surface area contributed by atoms with E-state index < -0.39 is 0 Å². The Labute approximate surface area is 99.0 Å². The van der Waals surface area contributed by atoms with Gasteiger partial charge in [0.2, 0.25) is 5.91 Å². The predicted molar refractivity (Wildman–Crippen MR) is 66.2 cm³/mol. The average molecular weight is 227 g/mol. The summed E-state index contributed by atoms with van der Waals surface area (Å²) in [4.78, 5) is 22.4. The van der Waals surface area contributed by atoms with Crippen LogP contribution in [0, 0.1) is 5.41 Å². The third-order valence-corrected chi connectivity index (χ3v) is 2.98. The van der Waals surface area contributed by atoms with E-state index in [2.05, 4.69) is 5.32 Å². The fourth-order valence-electron chi connectivity index (χ4n) is 1.41. The molecule has 0 rings (SSSR count). The van der Waals surface area contributed by atoms with Crippen molar-refractivity contribution in [1.29, 1.82) is 0 Å². The van der Waals surface area contributed by atoms with Gasteiger partial charge in [0.1, 0.15) is 5.78 Å². The van der Waals surface area contributed by atoms with Crippen molar-refractivity contribution in [1.82, 2.24) is 5.32 Å². The molecule has 16 heavy (non-hydrogen) atoms. The van der Waals surface area contributed by atoms with Crippen molar-refractivity contribution in [2.24, 2.45) is 5.41 Å². The smallest absolute Gasteiger partial charge is 0.219 e. The Hall–Kier alpha value is -0.860. The van der Waals surface area contributed by atoms with Crippen LogP contribution in [0.4, 0.5) is 0 Å². The number of hydrogen-bond donors (Lipinski definition) is 1. The van der Waals surface area contributed by atoms with E-state index in [0.29, 0.717) is 6.42 Å². The molecular weight excluding hydrogens is 202 g/mol. The number of Topliss-reactive ketones (excluding diaryl/α,β-unsaturated/α-hetero) is 1. The Morgan fingerprint density at radius 1 is 1.19 bits per heavy atom. The van der Waals surface area contributed by atoms with Gasteiger partial charge in [-0.1, -0.05) is 27.2 Å². The van der Waals surface area contributed by atoms with E-state index in [-0.39, 0.29) is 17.1 Å². The molecule has 0 aromatic rings. The highest BCUT2D eigenvalue weighted by atomic mass is 16.1. The van der Waals surface area contributed by atoms with Crippen molar-refractivity contribution >= 4 is 11.7 Å². The zero-order chi connectivity index (χ0) is 12.6. The van der Waals surface area contributed by atoms with Crippen molar-refractivity contribution in [2.45, 2.75) is 59.8 Å². The van der Waals surface area contributed by atoms with Gasteiger partial charge in [0.15, 0.2) is 0 Å². The maximum absolute atomic E-state index is 11.3. The Morgan fingerprint density at radius 3 is 2.31 bits per heavy atom. The third kappa shape index (κ3) is 6.59. The largest absolute Gasteiger partial charge is 0.356 e. The first-order valence-corrected chi connectivity index (χ1v) is 6.18. The van der Waals surface area contributed by atoms with Gasteiger partial charge in [-0.2, -0.15) is 0 Å². The molecular formula is C13H25NO2. The molecule has 1 amide bonds. The zero-order valence-corrected chi connectivity index (χ0v) is 11.1. The van der Waals surface area contributed by atoms with E-state index in [1.807, 2.05) is 20.8 Å². The van der Waals surface area contributed by atoms with E-state index in [1.54, 1.807) is 6.92 Å². The first-order valence-electron chi connectivity index (χ1n) is 6.18. The molecule has 0 saturated carbocycles. The van der Waals surface area contributed by atoms with Gasteiger partial charge < -0.3 is 5.32 Å². The van der Waals surface area contributed by atoms with Gasteiger partial charge in [0.05, 0.1) is 0 Å². The summed E-state index contributed by atoms with van der Waals surface area (Å²) < 4.78 is 0. The minimum Gasteiger partial charge on any atom is -0.356 e. The first kappa shape index (κ1) is 15.1. The number of amides is 1. The summed E-state index contributed by atoms with van der Waals surface area (Å²) >= 11 is 0. The number of hydrogen-bond acceptors (Lipinski definition) is 2. The van der Waals surface area contributed by atoms with Crippen LogP contribution in [0.15, 0.2) is 0 Å². The van der Waals surface area contributed by atoms with E-state index >= 15 is 0 Å². The molecule has 0 aromatic carbocycles. The lowest BCUT2D eigenvalue weighted by molar-refractivity contribution is -0.125. The molecule has 3 heteroatoms. The van der Waals surface area contributed by atoms with Gasteiger partial charge in [-0.25, -0.2) is 0 Å². The third-order valence-electron chi connectivity index (χ3n) is 2.98. The molecule has 0 aliphatic heterocycles. The molecule has 1 N–H and O–H groups in total. The molecule has 0 saturated heterocycles. The number of unbranched alkanes of at least 4 members (excludes halogenated alkanes) is 1. The standard InChI is InChI=1S/C13H25NO2/c1-5-8-12(16)14-10-7-6-9-13(3,4)11(2)15/h5-10H2,1-4H3,(H,14,16). The number of nitrogens with one attached hydrogen (secondary N) is 1. The van der Waals surface area contributed by atoms with Crippen LogP contribution in [0.3, 0.4) is 0 Å². The maximum Gasteiger partial charge on any atom is 0.219 e. The second kappa shape index (κ2) is 7.42. The number of carbonyl (C=O) groups excluding carboxylic acids is 2. The highest BCUT2D eigenvalue weighted by molar-refractivity contribution is 5.81. The molecule has 0 aromatic heterocycles. The second-order valence-corrected chi connectivity index (χ2v) is 5.00. The van der Waals surface area contributed by atoms with Gasteiger partial charge in [-0.3, -0.25) is 9.59 Å². The van der Waals surface area contributed by atoms with Crippen LogP contribution >= 0.6 is 0 Å². The highest BCUT2D eigenvalue weighted by Gasteiger charge is 2.22. The summed E-state index contributed by atoms with van der Waals surface area (Å²) in [5, 5.41) is 2.88.